The average molecular weight is 221 g/mol. The van der Waals surface area contributed by atoms with E-state index in [1.807, 2.05) is 0 Å². The van der Waals surface area contributed by atoms with Gasteiger partial charge in [0.05, 0.1) is 4.92 Å². The van der Waals surface area contributed by atoms with Gasteiger partial charge in [-0.05, 0) is 30.7 Å². The van der Waals surface area contributed by atoms with Crippen LogP contribution in [-0.4, -0.2) is 16.5 Å². The van der Waals surface area contributed by atoms with Gasteiger partial charge in [-0.25, -0.2) is 4.98 Å². The van der Waals surface area contributed by atoms with Gasteiger partial charge in [-0.1, -0.05) is 6.92 Å². The van der Waals surface area contributed by atoms with Crippen molar-refractivity contribution in [3.8, 4) is 0 Å². The minimum atomic E-state index is -0.402. The van der Waals surface area contributed by atoms with Crippen molar-refractivity contribution in [2.24, 2.45) is 5.41 Å². The summed E-state index contributed by atoms with van der Waals surface area (Å²) < 4.78 is 0. The standard InChI is InChI=1S/C11H15N3O2/c1-2-11(5-6-11)8-13-10-9(14(15)16)4-3-7-12-10/h3-4,7H,2,5-6,8H2,1H3,(H,12,13). The second kappa shape index (κ2) is 4.08. The Hall–Kier alpha value is -1.65. The Labute approximate surface area is 94.0 Å². The smallest absolute Gasteiger partial charge is 0.311 e. The first-order chi connectivity index (χ1) is 7.67. The van der Waals surface area contributed by atoms with Crippen LogP contribution in [0.15, 0.2) is 18.3 Å². The maximum atomic E-state index is 10.8. The third-order valence-electron chi connectivity index (χ3n) is 3.32. The van der Waals surface area contributed by atoms with Gasteiger partial charge in [0.15, 0.2) is 0 Å². The molecule has 0 aromatic carbocycles. The van der Waals surface area contributed by atoms with Crippen molar-refractivity contribution in [1.82, 2.24) is 4.98 Å². The maximum absolute atomic E-state index is 10.8. The predicted molar refractivity (Wildman–Crippen MR) is 61.3 cm³/mol. The molecule has 0 bridgehead atoms. The van der Waals surface area contributed by atoms with Crippen LogP contribution in [0.5, 0.6) is 0 Å². The van der Waals surface area contributed by atoms with E-state index in [4.69, 9.17) is 0 Å². The first-order valence-electron chi connectivity index (χ1n) is 5.50. The normalized spacial score (nSPS) is 16.8. The molecule has 86 valence electrons. The first kappa shape index (κ1) is 10.9. The van der Waals surface area contributed by atoms with Crippen molar-refractivity contribution in [2.75, 3.05) is 11.9 Å². The molecule has 0 radical (unpaired) electrons. The van der Waals surface area contributed by atoms with Gasteiger partial charge in [-0.3, -0.25) is 10.1 Å². The SMILES string of the molecule is CCC1(CNc2ncccc2[N+](=O)[O-])CC1. The van der Waals surface area contributed by atoms with Crippen LogP contribution in [0.1, 0.15) is 26.2 Å². The summed E-state index contributed by atoms with van der Waals surface area (Å²) in [6.07, 6.45) is 5.09. The monoisotopic (exact) mass is 221 g/mol. The Morgan fingerprint density at radius 2 is 2.38 bits per heavy atom. The van der Waals surface area contributed by atoms with Crippen LogP contribution in [0, 0.1) is 15.5 Å². The molecule has 0 aliphatic heterocycles. The average Bonchev–Trinajstić information content (AvgIpc) is 3.07. The van der Waals surface area contributed by atoms with E-state index in [-0.39, 0.29) is 5.69 Å². The van der Waals surface area contributed by atoms with E-state index in [0.29, 0.717) is 11.2 Å². The fourth-order valence-electron chi connectivity index (χ4n) is 1.78. The van der Waals surface area contributed by atoms with Crippen LogP contribution < -0.4 is 5.32 Å². The summed E-state index contributed by atoms with van der Waals surface area (Å²) in [7, 11) is 0. The highest BCUT2D eigenvalue weighted by Crippen LogP contribution is 2.48. The predicted octanol–water partition coefficient (Wildman–Crippen LogP) is 2.59. The first-order valence-corrected chi connectivity index (χ1v) is 5.50. The van der Waals surface area contributed by atoms with Crippen LogP contribution in [0.3, 0.4) is 0 Å². The number of pyridine rings is 1. The van der Waals surface area contributed by atoms with E-state index in [2.05, 4.69) is 17.2 Å². The van der Waals surface area contributed by atoms with E-state index in [1.54, 1.807) is 12.3 Å². The topological polar surface area (TPSA) is 68.1 Å². The molecule has 16 heavy (non-hydrogen) atoms. The number of hydrogen-bond acceptors (Lipinski definition) is 4. The molecule has 5 heteroatoms. The summed E-state index contributed by atoms with van der Waals surface area (Å²) in [5.41, 5.74) is 0.403. The molecule has 5 nitrogen and oxygen atoms in total. The van der Waals surface area contributed by atoms with Crippen LogP contribution >= 0.6 is 0 Å². The highest BCUT2D eigenvalue weighted by atomic mass is 16.6. The molecular weight excluding hydrogens is 206 g/mol. The van der Waals surface area contributed by atoms with Crippen LogP contribution in [-0.2, 0) is 0 Å². The second-order valence-electron chi connectivity index (χ2n) is 4.34. The molecule has 1 N–H and O–H groups in total. The van der Waals surface area contributed by atoms with Crippen molar-refractivity contribution in [3.63, 3.8) is 0 Å². The zero-order valence-corrected chi connectivity index (χ0v) is 9.27. The molecule has 1 fully saturated rings. The van der Waals surface area contributed by atoms with Gasteiger partial charge in [0.1, 0.15) is 0 Å². The minimum Gasteiger partial charge on any atom is -0.364 e. The molecule has 1 heterocycles. The quantitative estimate of drug-likeness (QED) is 0.613. The number of rotatable bonds is 5. The van der Waals surface area contributed by atoms with E-state index < -0.39 is 4.92 Å². The van der Waals surface area contributed by atoms with Crippen molar-refractivity contribution in [3.05, 3.63) is 28.4 Å². The van der Waals surface area contributed by atoms with Crippen LogP contribution in [0.25, 0.3) is 0 Å². The minimum absolute atomic E-state index is 0.0504. The third kappa shape index (κ3) is 2.13. The highest BCUT2D eigenvalue weighted by molar-refractivity contribution is 5.55. The Morgan fingerprint density at radius 1 is 1.62 bits per heavy atom. The van der Waals surface area contributed by atoms with Gasteiger partial charge in [-0.2, -0.15) is 0 Å². The number of nitro groups is 1. The second-order valence-corrected chi connectivity index (χ2v) is 4.34. The Bertz CT molecular complexity index is 402. The van der Waals surface area contributed by atoms with Gasteiger partial charge in [0.25, 0.3) is 0 Å². The molecule has 1 saturated carbocycles. The number of nitrogens with one attached hydrogen (secondary N) is 1. The summed E-state index contributed by atoms with van der Waals surface area (Å²) in [6.45, 7) is 2.93. The van der Waals surface area contributed by atoms with Crippen molar-refractivity contribution >= 4 is 11.5 Å². The summed E-state index contributed by atoms with van der Waals surface area (Å²) in [5, 5.41) is 13.9. The Kier molecular flexibility index (Phi) is 2.77. The zero-order chi connectivity index (χ0) is 11.6. The van der Waals surface area contributed by atoms with Crippen LogP contribution in [0.2, 0.25) is 0 Å². The molecule has 0 amide bonds. The molecule has 1 aliphatic carbocycles. The molecule has 0 unspecified atom stereocenters. The zero-order valence-electron chi connectivity index (χ0n) is 9.27. The lowest BCUT2D eigenvalue weighted by Gasteiger charge is -2.13. The van der Waals surface area contributed by atoms with E-state index >= 15 is 0 Å². The van der Waals surface area contributed by atoms with E-state index in [0.717, 1.165) is 13.0 Å². The lowest BCUT2D eigenvalue weighted by molar-refractivity contribution is -0.384. The molecular formula is C11H15N3O2. The molecule has 1 aromatic heterocycles. The molecule has 1 aromatic rings. The van der Waals surface area contributed by atoms with Crippen molar-refractivity contribution in [2.45, 2.75) is 26.2 Å². The number of hydrogen-bond donors (Lipinski definition) is 1. The van der Waals surface area contributed by atoms with Crippen molar-refractivity contribution in [1.29, 1.82) is 0 Å². The summed E-state index contributed by atoms with van der Waals surface area (Å²) in [5.74, 6) is 0.382. The van der Waals surface area contributed by atoms with Gasteiger partial charge in [0, 0.05) is 18.8 Å². The molecule has 0 saturated heterocycles. The fourth-order valence-corrected chi connectivity index (χ4v) is 1.78. The van der Waals surface area contributed by atoms with Crippen LogP contribution in [0.4, 0.5) is 11.5 Å². The third-order valence-corrected chi connectivity index (χ3v) is 3.32. The lowest BCUT2D eigenvalue weighted by atomic mass is 10.0. The van der Waals surface area contributed by atoms with E-state index in [1.165, 1.54) is 18.9 Å². The highest BCUT2D eigenvalue weighted by Gasteiger charge is 2.40. The summed E-state index contributed by atoms with van der Waals surface area (Å²) in [4.78, 5) is 14.4. The Morgan fingerprint density at radius 3 is 2.94 bits per heavy atom. The van der Waals surface area contributed by atoms with Gasteiger partial charge in [-0.15, -0.1) is 0 Å². The lowest BCUT2D eigenvalue weighted by Crippen LogP contribution is -2.15. The molecule has 0 spiro atoms. The van der Waals surface area contributed by atoms with E-state index in [9.17, 15) is 10.1 Å². The number of anilines is 1. The Balaban J connectivity index is 2.06. The summed E-state index contributed by atoms with van der Waals surface area (Å²) in [6, 6.07) is 3.05. The number of nitrogens with zero attached hydrogens (tertiary/aromatic N) is 2. The molecule has 0 atom stereocenters. The fraction of sp³-hybridized carbons (Fsp3) is 0.545. The van der Waals surface area contributed by atoms with Gasteiger partial charge in [0.2, 0.25) is 5.82 Å². The summed E-state index contributed by atoms with van der Waals surface area (Å²) >= 11 is 0. The van der Waals surface area contributed by atoms with Gasteiger partial charge < -0.3 is 5.32 Å². The molecule has 1 aliphatic rings. The maximum Gasteiger partial charge on any atom is 0.311 e. The largest absolute Gasteiger partial charge is 0.364 e. The number of aromatic nitrogens is 1. The van der Waals surface area contributed by atoms with Gasteiger partial charge >= 0.3 is 5.69 Å². The van der Waals surface area contributed by atoms with Crippen molar-refractivity contribution < 1.29 is 4.92 Å². The molecule has 2 rings (SSSR count).